The molecule has 6 heteroatoms. The maximum atomic E-state index is 2.58. The van der Waals surface area contributed by atoms with Crippen LogP contribution in [0.2, 0.25) is 0 Å². The molecule has 0 spiro atoms. The second kappa shape index (κ2) is 19.8. The summed E-state index contributed by atoms with van der Waals surface area (Å²) in [4.78, 5) is 5.16. The molecule has 5 heterocycles. The third-order valence-electron chi connectivity index (χ3n) is 19.2. The van der Waals surface area contributed by atoms with Gasteiger partial charge in [0, 0.05) is 83.5 Å². The van der Waals surface area contributed by atoms with E-state index in [2.05, 4.69) is 351 Å². The second-order valence-electron chi connectivity index (χ2n) is 24.0. The smallest absolute Gasteiger partial charge is 0.252 e. The van der Waals surface area contributed by atoms with Crippen molar-refractivity contribution in [2.45, 2.75) is 0 Å². The highest BCUT2D eigenvalue weighted by Gasteiger charge is 2.44. The van der Waals surface area contributed by atoms with E-state index in [0.717, 1.165) is 62.3 Å². The molecule has 0 radical (unpaired) electrons. The van der Waals surface area contributed by atoms with Crippen molar-refractivity contribution in [2.75, 3.05) is 9.80 Å². The first-order valence-corrected chi connectivity index (χ1v) is 31.1. The van der Waals surface area contributed by atoms with E-state index in [1.165, 1.54) is 104 Å². The third kappa shape index (κ3) is 7.58. The number of para-hydroxylation sites is 6. The van der Waals surface area contributed by atoms with Crippen molar-refractivity contribution < 1.29 is 0 Å². The van der Waals surface area contributed by atoms with Crippen LogP contribution in [0.25, 0.3) is 116 Å². The van der Waals surface area contributed by atoms with Crippen molar-refractivity contribution in [1.82, 2.24) is 13.7 Å². The van der Waals surface area contributed by atoms with E-state index in [1.807, 2.05) is 0 Å². The molecular formula is C84H54BN5. The molecule has 0 fully saturated rings. The van der Waals surface area contributed by atoms with E-state index in [-0.39, 0.29) is 6.71 Å². The van der Waals surface area contributed by atoms with Gasteiger partial charge >= 0.3 is 0 Å². The molecule has 418 valence electrons. The van der Waals surface area contributed by atoms with Crippen LogP contribution in [0, 0.1) is 0 Å². The zero-order chi connectivity index (χ0) is 59.0. The molecule has 0 bridgehead atoms. The van der Waals surface area contributed by atoms with Gasteiger partial charge in [-0.2, -0.15) is 0 Å². The molecule has 17 aromatic rings. The standard InChI is InChI=1S/C84H54BN5/c1-4-20-55(21-5-1)57-36-41-62(42-37-57)87-80-53-64(89-74-31-15-10-26-66(74)67-27-11-16-32-75(67)89)45-47-72(80)85-73-48-46-65(90-76-33-17-12-28-68(76)69-29-13-18-34-77(69)90)54-81(73)88(63-43-38-58(39-44-63)56-22-6-2-7-23-56)83-52-60(51-82(87)84(83)85)59-40-49-79-71(50-59)70-30-14-19-35-78(70)86(79)61-24-8-3-9-25-61/h1-54H. The summed E-state index contributed by atoms with van der Waals surface area (Å²) in [5, 5.41) is 7.37. The Hall–Kier alpha value is -11.9. The molecule has 0 saturated carbocycles. The highest BCUT2D eigenvalue weighted by molar-refractivity contribution is 7.00. The molecule has 3 aromatic heterocycles. The predicted molar refractivity (Wildman–Crippen MR) is 380 cm³/mol. The SMILES string of the molecule is c1ccc(-c2ccc(N3c4cc(-n5c6ccccc6c6ccccc65)ccc4B4c5ccc(-n6c7ccccc7c7ccccc76)cc5N(c5ccc(-c6ccccc6)cc5)c5cc(-c6ccc7c(c6)c6ccccc6n7-c6ccccc6)cc3c54)cc2)cc1. The topological polar surface area (TPSA) is 21.3 Å². The second-order valence-corrected chi connectivity index (χ2v) is 24.0. The summed E-state index contributed by atoms with van der Waals surface area (Å²) in [6, 6.07) is 122. The van der Waals surface area contributed by atoms with Crippen LogP contribution < -0.4 is 26.2 Å². The van der Waals surface area contributed by atoms with Crippen molar-refractivity contribution in [3.63, 3.8) is 0 Å². The Morgan fingerprint density at radius 2 is 0.511 bits per heavy atom. The molecule has 2 aliphatic heterocycles. The lowest BCUT2D eigenvalue weighted by Crippen LogP contribution is -2.61. The summed E-state index contributed by atoms with van der Waals surface area (Å²) in [6.45, 7) is -0.153. The van der Waals surface area contributed by atoms with Gasteiger partial charge in [-0.15, -0.1) is 0 Å². The number of fused-ring (bicyclic) bond motifs is 13. The Morgan fingerprint density at radius 1 is 0.189 bits per heavy atom. The lowest BCUT2D eigenvalue weighted by molar-refractivity contribution is 1.17. The minimum absolute atomic E-state index is 0.153. The molecule has 0 amide bonds. The first-order valence-electron chi connectivity index (χ1n) is 31.1. The van der Waals surface area contributed by atoms with Crippen LogP contribution in [-0.4, -0.2) is 20.4 Å². The highest BCUT2D eigenvalue weighted by Crippen LogP contribution is 2.49. The Bertz CT molecular complexity index is 5350. The summed E-state index contributed by atoms with van der Waals surface area (Å²) in [7, 11) is 0. The number of rotatable bonds is 8. The summed E-state index contributed by atoms with van der Waals surface area (Å²) in [5.41, 5.74) is 27.9. The van der Waals surface area contributed by atoms with Crippen LogP contribution in [-0.2, 0) is 0 Å². The van der Waals surface area contributed by atoms with Crippen molar-refractivity contribution in [1.29, 1.82) is 0 Å². The summed E-state index contributed by atoms with van der Waals surface area (Å²) in [6.07, 6.45) is 0. The van der Waals surface area contributed by atoms with Gasteiger partial charge in [0.1, 0.15) is 0 Å². The van der Waals surface area contributed by atoms with Gasteiger partial charge in [0.25, 0.3) is 6.71 Å². The first-order chi connectivity index (χ1) is 44.7. The number of benzene rings is 14. The average Bonchev–Trinajstić information content (AvgIpc) is 0.921. The number of anilines is 6. The maximum absolute atomic E-state index is 2.58. The lowest BCUT2D eigenvalue weighted by Gasteiger charge is -2.44. The van der Waals surface area contributed by atoms with Gasteiger partial charge in [0.2, 0.25) is 0 Å². The Labute approximate surface area is 521 Å². The first kappa shape index (κ1) is 50.3. The minimum atomic E-state index is -0.153. The van der Waals surface area contributed by atoms with Crippen molar-refractivity contribution >= 4 is 123 Å². The molecule has 0 aliphatic carbocycles. The van der Waals surface area contributed by atoms with Crippen LogP contribution in [0.3, 0.4) is 0 Å². The molecule has 5 nitrogen and oxygen atoms in total. The normalized spacial score (nSPS) is 12.6. The Kier molecular flexibility index (Phi) is 11.1. The average molecular weight is 1140 g/mol. The van der Waals surface area contributed by atoms with Crippen molar-refractivity contribution in [3.05, 3.63) is 328 Å². The Balaban J connectivity index is 0.918. The molecule has 0 saturated heterocycles. The quantitative estimate of drug-likeness (QED) is 0.141. The lowest BCUT2D eigenvalue weighted by atomic mass is 9.33. The van der Waals surface area contributed by atoms with E-state index < -0.39 is 0 Å². The highest BCUT2D eigenvalue weighted by atomic mass is 15.2. The van der Waals surface area contributed by atoms with E-state index in [9.17, 15) is 0 Å². The molecule has 19 rings (SSSR count). The van der Waals surface area contributed by atoms with Gasteiger partial charge in [-0.25, -0.2) is 0 Å². The van der Waals surface area contributed by atoms with Crippen LogP contribution in [0.15, 0.2) is 328 Å². The summed E-state index contributed by atoms with van der Waals surface area (Å²) >= 11 is 0. The van der Waals surface area contributed by atoms with E-state index in [4.69, 9.17) is 0 Å². The molecule has 14 aromatic carbocycles. The minimum Gasteiger partial charge on any atom is -0.311 e. The predicted octanol–water partition coefficient (Wildman–Crippen LogP) is 20.1. The number of hydrogen-bond donors (Lipinski definition) is 0. The Morgan fingerprint density at radius 3 is 0.933 bits per heavy atom. The molecule has 0 atom stereocenters. The maximum Gasteiger partial charge on any atom is 0.252 e. The van der Waals surface area contributed by atoms with Gasteiger partial charge in [0.05, 0.1) is 33.1 Å². The number of hydrogen-bond acceptors (Lipinski definition) is 2. The molecule has 0 N–H and O–H groups in total. The number of aromatic nitrogens is 3. The van der Waals surface area contributed by atoms with Crippen LogP contribution in [0.1, 0.15) is 0 Å². The van der Waals surface area contributed by atoms with Gasteiger partial charge in [-0.05, 0) is 165 Å². The monoisotopic (exact) mass is 1140 g/mol. The zero-order valence-electron chi connectivity index (χ0n) is 49.0. The molecule has 0 unspecified atom stereocenters. The van der Waals surface area contributed by atoms with Crippen LogP contribution in [0.4, 0.5) is 34.1 Å². The van der Waals surface area contributed by atoms with Crippen molar-refractivity contribution in [2.24, 2.45) is 0 Å². The van der Waals surface area contributed by atoms with E-state index in [1.54, 1.807) is 0 Å². The molecule has 90 heavy (non-hydrogen) atoms. The largest absolute Gasteiger partial charge is 0.311 e. The van der Waals surface area contributed by atoms with E-state index in [0.29, 0.717) is 0 Å². The van der Waals surface area contributed by atoms with Gasteiger partial charge in [-0.1, -0.05) is 212 Å². The molecule has 2 aliphatic rings. The number of nitrogens with zero attached hydrogens (tertiary/aromatic N) is 5. The van der Waals surface area contributed by atoms with Gasteiger partial charge in [-0.3, -0.25) is 0 Å². The fraction of sp³-hybridized carbons (Fsp3) is 0. The fourth-order valence-corrected chi connectivity index (χ4v) is 15.2. The van der Waals surface area contributed by atoms with E-state index >= 15 is 0 Å². The third-order valence-corrected chi connectivity index (χ3v) is 19.2. The summed E-state index contributed by atoms with van der Waals surface area (Å²) in [5.74, 6) is 0. The van der Waals surface area contributed by atoms with Gasteiger partial charge < -0.3 is 23.5 Å². The van der Waals surface area contributed by atoms with Crippen LogP contribution >= 0.6 is 0 Å². The zero-order valence-corrected chi connectivity index (χ0v) is 49.0. The summed E-state index contributed by atoms with van der Waals surface area (Å²) < 4.78 is 7.34. The van der Waals surface area contributed by atoms with Gasteiger partial charge in [0.15, 0.2) is 0 Å². The van der Waals surface area contributed by atoms with Crippen LogP contribution in [0.5, 0.6) is 0 Å². The van der Waals surface area contributed by atoms with Crippen molar-refractivity contribution in [3.8, 4) is 50.4 Å². The fourth-order valence-electron chi connectivity index (χ4n) is 15.2. The molecular weight excluding hydrogens is 1090 g/mol.